The van der Waals surface area contributed by atoms with E-state index in [1.54, 1.807) is 0 Å². The second kappa shape index (κ2) is 4.19. The predicted octanol–water partition coefficient (Wildman–Crippen LogP) is 3.81. The molecule has 3 heteroatoms. The molecule has 2 aliphatic rings. The van der Waals surface area contributed by atoms with Crippen LogP contribution < -0.4 is 0 Å². The number of rotatable bonds is 1. The lowest BCUT2D eigenvalue weighted by Crippen LogP contribution is -2.07. The highest BCUT2D eigenvalue weighted by atomic mass is 35.5. The molecule has 1 aliphatic carbocycles. The first-order chi connectivity index (χ1) is 8.24. The molecule has 1 heterocycles. The van der Waals surface area contributed by atoms with Crippen LogP contribution in [0.4, 0.5) is 0 Å². The van der Waals surface area contributed by atoms with E-state index in [1.165, 1.54) is 0 Å². The Labute approximate surface area is 105 Å². The van der Waals surface area contributed by atoms with Gasteiger partial charge >= 0.3 is 0 Å². The van der Waals surface area contributed by atoms with Gasteiger partial charge in [0, 0.05) is 29.9 Å². The third-order valence-corrected chi connectivity index (χ3v) is 3.65. The summed E-state index contributed by atoms with van der Waals surface area (Å²) in [5.41, 5.74) is 2.01. The van der Waals surface area contributed by atoms with Crippen LogP contribution in [-0.4, -0.2) is 5.78 Å². The van der Waals surface area contributed by atoms with Crippen molar-refractivity contribution in [2.75, 3.05) is 0 Å². The van der Waals surface area contributed by atoms with Crippen molar-refractivity contribution in [3.05, 3.63) is 46.2 Å². The minimum absolute atomic E-state index is 0.000633. The molecule has 0 aromatic heterocycles. The first-order valence-corrected chi connectivity index (χ1v) is 6.29. The van der Waals surface area contributed by atoms with Crippen LogP contribution in [0.3, 0.4) is 0 Å². The Morgan fingerprint density at radius 1 is 1.18 bits per heavy atom. The zero-order valence-electron chi connectivity index (χ0n) is 9.41. The normalized spacial score (nSPS) is 23.6. The summed E-state index contributed by atoms with van der Waals surface area (Å²) >= 11 is 5.86. The fourth-order valence-corrected chi connectivity index (χ4v) is 2.61. The van der Waals surface area contributed by atoms with Crippen molar-refractivity contribution in [1.29, 1.82) is 0 Å². The molecular weight excluding hydrogens is 236 g/mol. The Balaban J connectivity index is 1.82. The summed E-state index contributed by atoms with van der Waals surface area (Å²) in [6.07, 6.45) is 3.22. The Kier molecular flexibility index (Phi) is 2.67. The Morgan fingerprint density at radius 2 is 1.94 bits per heavy atom. The van der Waals surface area contributed by atoms with Gasteiger partial charge in [-0.05, 0) is 24.1 Å². The number of benzene rings is 1. The molecule has 0 fully saturated rings. The van der Waals surface area contributed by atoms with E-state index in [1.807, 2.05) is 24.3 Å². The van der Waals surface area contributed by atoms with Crippen LogP contribution >= 0.6 is 11.6 Å². The molecule has 1 aliphatic heterocycles. The first-order valence-electron chi connectivity index (χ1n) is 5.91. The summed E-state index contributed by atoms with van der Waals surface area (Å²) in [5, 5.41) is 0.723. The number of Topliss-reactive ketones (excluding diaryl/α,β-unsaturated/α-hetero) is 1. The highest BCUT2D eigenvalue weighted by Gasteiger charge is 2.32. The third-order valence-electron chi connectivity index (χ3n) is 3.40. The molecule has 0 N–H and O–H groups in total. The van der Waals surface area contributed by atoms with Gasteiger partial charge in [0.2, 0.25) is 0 Å². The molecule has 1 aromatic carbocycles. The Hall–Kier alpha value is -1.28. The predicted molar refractivity (Wildman–Crippen MR) is 65.8 cm³/mol. The van der Waals surface area contributed by atoms with Crippen molar-refractivity contribution in [2.45, 2.75) is 31.8 Å². The fourth-order valence-electron chi connectivity index (χ4n) is 2.49. The topological polar surface area (TPSA) is 26.3 Å². The van der Waals surface area contributed by atoms with Gasteiger partial charge in [-0.1, -0.05) is 23.7 Å². The number of ketones is 1. The average molecular weight is 249 g/mol. The molecule has 88 valence electrons. The van der Waals surface area contributed by atoms with E-state index >= 15 is 0 Å². The lowest BCUT2D eigenvalue weighted by atomic mass is 9.93. The number of hydrogen-bond acceptors (Lipinski definition) is 2. The van der Waals surface area contributed by atoms with Gasteiger partial charge in [-0.15, -0.1) is 0 Å². The Bertz CT molecular complexity index is 487. The van der Waals surface area contributed by atoms with Crippen LogP contribution in [0.15, 0.2) is 35.6 Å². The van der Waals surface area contributed by atoms with Crippen molar-refractivity contribution in [3.8, 4) is 0 Å². The maximum absolute atomic E-state index is 11.7. The van der Waals surface area contributed by atoms with Crippen molar-refractivity contribution < 1.29 is 9.53 Å². The number of halogens is 1. The molecule has 0 radical (unpaired) electrons. The van der Waals surface area contributed by atoms with Crippen molar-refractivity contribution in [3.63, 3.8) is 0 Å². The van der Waals surface area contributed by atoms with Crippen LogP contribution in [0.1, 0.15) is 37.4 Å². The zero-order chi connectivity index (χ0) is 11.8. The van der Waals surface area contributed by atoms with Gasteiger partial charge in [-0.2, -0.15) is 0 Å². The van der Waals surface area contributed by atoms with E-state index in [9.17, 15) is 4.79 Å². The third kappa shape index (κ3) is 1.98. The summed E-state index contributed by atoms with van der Waals surface area (Å²) in [5.74, 6) is 1.18. The van der Waals surface area contributed by atoms with E-state index < -0.39 is 0 Å². The second-order valence-corrected chi connectivity index (χ2v) is 4.98. The van der Waals surface area contributed by atoms with Crippen molar-refractivity contribution in [2.24, 2.45) is 0 Å². The van der Waals surface area contributed by atoms with Crippen LogP contribution in [0.25, 0.3) is 0 Å². The molecule has 1 atom stereocenters. The molecule has 0 amide bonds. The van der Waals surface area contributed by atoms with Crippen molar-refractivity contribution in [1.82, 2.24) is 0 Å². The smallest absolute Gasteiger partial charge is 0.162 e. The first kappa shape index (κ1) is 10.8. The van der Waals surface area contributed by atoms with Crippen LogP contribution in [-0.2, 0) is 9.53 Å². The summed E-state index contributed by atoms with van der Waals surface area (Å²) in [6, 6.07) is 7.66. The fraction of sp³-hybridized carbons (Fsp3) is 0.357. The minimum Gasteiger partial charge on any atom is -0.489 e. The van der Waals surface area contributed by atoms with Gasteiger partial charge < -0.3 is 4.74 Å². The van der Waals surface area contributed by atoms with E-state index in [0.29, 0.717) is 6.42 Å². The Morgan fingerprint density at radius 3 is 2.65 bits per heavy atom. The SMILES string of the molecule is O=C1CCCC2=C1CC(c1ccc(Cl)cc1)O2. The number of carbonyl (C=O) groups is 1. The number of hydrogen-bond donors (Lipinski definition) is 0. The van der Waals surface area contributed by atoms with Gasteiger partial charge in [-0.25, -0.2) is 0 Å². The number of carbonyl (C=O) groups excluding carboxylic acids is 1. The molecule has 0 saturated heterocycles. The maximum atomic E-state index is 11.7. The van der Waals surface area contributed by atoms with Gasteiger partial charge in [0.05, 0.1) is 0 Å². The summed E-state index contributed by atoms with van der Waals surface area (Å²) in [6.45, 7) is 0. The van der Waals surface area contributed by atoms with Gasteiger partial charge in [0.15, 0.2) is 5.78 Å². The second-order valence-electron chi connectivity index (χ2n) is 4.54. The molecule has 1 aromatic rings. The van der Waals surface area contributed by atoms with Crippen LogP contribution in [0.2, 0.25) is 5.02 Å². The lowest BCUT2D eigenvalue weighted by molar-refractivity contribution is -0.116. The van der Waals surface area contributed by atoms with Gasteiger partial charge in [0.25, 0.3) is 0 Å². The van der Waals surface area contributed by atoms with Crippen molar-refractivity contribution >= 4 is 17.4 Å². The van der Waals surface area contributed by atoms with E-state index in [2.05, 4.69) is 0 Å². The van der Waals surface area contributed by atoms with Crippen LogP contribution in [0.5, 0.6) is 0 Å². The zero-order valence-corrected chi connectivity index (χ0v) is 10.2. The average Bonchev–Trinajstić information content (AvgIpc) is 2.75. The van der Waals surface area contributed by atoms with E-state index in [-0.39, 0.29) is 11.9 Å². The van der Waals surface area contributed by atoms with Gasteiger partial charge in [-0.3, -0.25) is 4.79 Å². The summed E-state index contributed by atoms with van der Waals surface area (Å²) < 4.78 is 5.88. The van der Waals surface area contributed by atoms with E-state index in [0.717, 1.165) is 41.2 Å². The highest BCUT2D eigenvalue weighted by Crippen LogP contribution is 2.41. The summed E-state index contributed by atoms with van der Waals surface area (Å²) in [4.78, 5) is 11.7. The monoisotopic (exact) mass is 248 g/mol. The quantitative estimate of drug-likeness (QED) is 0.756. The molecule has 1 unspecified atom stereocenters. The minimum atomic E-state index is -0.000633. The molecule has 17 heavy (non-hydrogen) atoms. The largest absolute Gasteiger partial charge is 0.489 e. The molecular formula is C14H13ClO2. The van der Waals surface area contributed by atoms with Crippen LogP contribution in [0, 0.1) is 0 Å². The molecule has 0 bridgehead atoms. The number of ether oxygens (including phenoxy) is 1. The summed E-state index contributed by atoms with van der Waals surface area (Å²) in [7, 11) is 0. The lowest BCUT2D eigenvalue weighted by Gasteiger charge is -2.13. The molecule has 3 rings (SSSR count). The molecule has 2 nitrogen and oxygen atoms in total. The molecule has 0 saturated carbocycles. The van der Waals surface area contributed by atoms with E-state index in [4.69, 9.17) is 16.3 Å². The molecule has 0 spiro atoms. The van der Waals surface area contributed by atoms with Gasteiger partial charge in [0.1, 0.15) is 11.9 Å². The standard InChI is InChI=1S/C14H13ClO2/c15-10-6-4-9(5-7-10)14-8-11-12(16)2-1-3-13(11)17-14/h4-7,14H,1-3,8H2. The highest BCUT2D eigenvalue weighted by molar-refractivity contribution is 6.30. The number of allylic oxidation sites excluding steroid dienone is 1. The maximum Gasteiger partial charge on any atom is 0.162 e.